The number of anilines is 1. The van der Waals surface area contributed by atoms with Crippen LogP contribution in [-0.4, -0.2) is 43.7 Å². The maximum absolute atomic E-state index is 10.8. The van der Waals surface area contributed by atoms with Crippen LogP contribution in [0.1, 0.15) is 12.7 Å². The summed E-state index contributed by atoms with van der Waals surface area (Å²) >= 11 is 0. The molecule has 2 heterocycles. The third-order valence-electron chi connectivity index (χ3n) is 2.49. The second-order valence-electron chi connectivity index (χ2n) is 3.60. The number of hydrogen-bond donors (Lipinski definition) is 1. The van der Waals surface area contributed by atoms with Gasteiger partial charge >= 0.3 is 5.97 Å². The van der Waals surface area contributed by atoms with E-state index < -0.39 is 5.97 Å². The molecule has 0 spiro atoms. The van der Waals surface area contributed by atoms with Crippen LogP contribution in [0.2, 0.25) is 0 Å². The summed E-state index contributed by atoms with van der Waals surface area (Å²) in [6, 6.07) is 0. The highest BCUT2D eigenvalue weighted by Gasteiger charge is 2.15. The second-order valence-corrected chi connectivity index (χ2v) is 3.60. The molecule has 0 fully saturated rings. The molecule has 2 aromatic heterocycles. The molecule has 2 aromatic rings. The van der Waals surface area contributed by atoms with E-state index in [1.54, 1.807) is 21.7 Å². The molecule has 7 nitrogen and oxygen atoms in total. The summed E-state index contributed by atoms with van der Waals surface area (Å²) in [5, 5.41) is 16.8. The number of carboxylic acids is 1. The maximum Gasteiger partial charge on any atom is 0.323 e. The van der Waals surface area contributed by atoms with Crippen molar-refractivity contribution in [3.8, 4) is 0 Å². The number of likely N-dealkylation sites (N-methyl/N-ethyl adjacent to an activating group) is 1. The van der Waals surface area contributed by atoms with Crippen molar-refractivity contribution in [2.24, 2.45) is 0 Å². The van der Waals surface area contributed by atoms with Gasteiger partial charge in [-0.2, -0.15) is 0 Å². The fourth-order valence-electron chi connectivity index (χ4n) is 1.65. The van der Waals surface area contributed by atoms with Crippen LogP contribution in [0.15, 0.2) is 12.4 Å². The summed E-state index contributed by atoms with van der Waals surface area (Å²) in [6.45, 7) is 4.15. The molecule has 0 aliphatic rings. The molecule has 0 amide bonds. The lowest BCUT2D eigenvalue weighted by Crippen LogP contribution is -2.30. The minimum Gasteiger partial charge on any atom is -0.480 e. The van der Waals surface area contributed by atoms with Gasteiger partial charge in [0.1, 0.15) is 12.4 Å². The third kappa shape index (κ3) is 2.03. The normalized spacial score (nSPS) is 10.7. The van der Waals surface area contributed by atoms with Gasteiger partial charge < -0.3 is 10.0 Å². The van der Waals surface area contributed by atoms with Crippen LogP contribution in [0, 0.1) is 6.92 Å². The number of carbonyl (C=O) groups is 1. The molecule has 2 rings (SSSR count). The zero-order chi connectivity index (χ0) is 12.4. The summed E-state index contributed by atoms with van der Waals surface area (Å²) in [6.07, 6.45) is 3.37. The van der Waals surface area contributed by atoms with Crippen molar-refractivity contribution in [2.75, 3.05) is 18.0 Å². The van der Waals surface area contributed by atoms with Crippen LogP contribution >= 0.6 is 0 Å². The Morgan fingerprint density at radius 3 is 2.94 bits per heavy atom. The van der Waals surface area contributed by atoms with Gasteiger partial charge in [-0.25, -0.2) is 4.98 Å². The van der Waals surface area contributed by atoms with Gasteiger partial charge in [-0.1, -0.05) is 0 Å². The molecule has 0 aliphatic carbocycles. The van der Waals surface area contributed by atoms with Gasteiger partial charge in [-0.05, 0) is 13.8 Å². The van der Waals surface area contributed by atoms with Crippen LogP contribution in [0.4, 0.5) is 5.82 Å². The van der Waals surface area contributed by atoms with Gasteiger partial charge in [0, 0.05) is 18.9 Å². The van der Waals surface area contributed by atoms with Gasteiger partial charge in [-0.3, -0.25) is 9.20 Å². The Morgan fingerprint density at radius 1 is 1.53 bits per heavy atom. The summed E-state index contributed by atoms with van der Waals surface area (Å²) in [7, 11) is 0. The molecule has 0 bridgehead atoms. The predicted molar refractivity (Wildman–Crippen MR) is 61.0 cm³/mol. The lowest BCUT2D eigenvalue weighted by molar-refractivity contribution is -0.135. The number of carboxylic acid groups (broad SMARTS) is 1. The molecular weight excluding hydrogens is 222 g/mol. The Balaban J connectivity index is 2.49. The standard InChI is InChI=1S/C10H13N5O2/c1-3-14(6-8(16)17)9-10-13-12-7(2)15(10)5-4-11-9/h4-5H,3,6H2,1-2H3,(H,16,17). The molecule has 0 aromatic carbocycles. The molecule has 0 saturated carbocycles. The van der Waals surface area contributed by atoms with Gasteiger partial charge in [-0.15, -0.1) is 10.2 Å². The molecule has 7 heteroatoms. The molecule has 0 saturated heterocycles. The Hall–Kier alpha value is -2.18. The Bertz CT molecular complexity index is 551. The van der Waals surface area contributed by atoms with Crippen molar-refractivity contribution in [3.63, 3.8) is 0 Å². The van der Waals surface area contributed by atoms with Crippen molar-refractivity contribution in [2.45, 2.75) is 13.8 Å². The van der Waals surface area contributed by atoms with Crippen LogP contribution in [0.3, 0.4) is 0 Å². The van der Waals surface area contributed by atoms with E-state index >= 15 is 0 Å². The predicted octanol–water partition coefficient (Wildman–Crippen LogP) is 0.344. The molecular formula is C10H13N5O2. The van der Waals surface area contributed by atoms with E-state index in [0.29, 0.717) is 18.0 Å². The summed E-state index contributed by atoms with van der Waals surface area (Å²) in [5.74, 6) is 0.389. The van der Waals surface area contributed by atoms with Gasteiger partial charge in [0.05, 0.1) is 0 Å². The Kier molecular flexibility index (Phi) is 2.90. The molecule has 0 atom stereocenters. The smallest absolute Gasteiger partial charge is 0.323 e. The van der Waals surface area contributed by atoms with E-state index in [9.17, 15) is 4.79 Å². The van der Waals surface area contributed by atoms with Gasteiger partial charge in [0.2, 0.25) is 5.65 Å². The topological polar surface area (TPSA) is 83.6 Å². The van der Waals surface area contributed by atoms with Crippen molar-refractivity contribution in [1.29, 1.82) is 0 Å². The number of nitrogens with zero attached hydrogens (tertiary/aromatic N) is 5. The quantitative estimate of drug-likeness (QED) is 0.822. The first-order chi connectivity index (χ1) is 8.13. The summed E-state index contributed by atoms with van der Waals surface area (Å²) < 4.78 is 1.78. The fourth-order valence-corrected chi connectivity index (χ4v) is 1.65. The number of aliphatic carboxylic acids is 1. The van der Waals surface area contributed by atoms with Crippen molar-refractivity contribution < 1.29 is 9.90 Å². The monoisotopic (exact) mass is 235 g/mol. The number of hydrogen-bond acceptors (Lipinski definition) is 5. The molecule has 0 radical (unpaired) electrons. The SMILES string of the molecule is CCN(CC(=O)O)c1nccn2c(C)nnc12. The molecule has 1 N–H and O–H groups in total. The lowest BCUT2D eigenvalue weighted by Gasteiger charge is -2.19. The summed E-state index contributed by atoms with van der Waals surface area (Å²) in [5.41, 5.74) is 0.577. The van der Waals surface area contributed by atoms with Crippen LogP contribution < -0.4 is 4.90 Å². The fraction of sp³-hybridized carbons (Fsp3) is 0.400. The summed E-state index contributed by atoms with van der Waals surface area (Å²) in [4.78, 5) is 16.6. The van der Waals surface area contributed by atoms with Crippen LogP contribution in [-0.2, 0) is 4.79 Å². The highest BCUT2D eigenvalue weighted by atomic mass is 16.4. The highest BCUT2D eigenvalue weighted by molar-refractivity contribution is 5.76. The molecule has 0 unspecified atom stereocenters. The Morgan fingerprint density at radius 2 is 2.29 bits per heavy atom. The number of fused-ring (bicyclic) bond motifs is 1. The Labute approximate surface area is 97.7 Å². The van der Waals surface area contributed by atoms with Crippen LogP contribution in [0.5, 0.6) is 0 Å². The van der Waals surface area contributed by atoms with E-state index in [1.807, 2.05) is 13.8 Å². The zero-order valence-electron chi connectivity index (χ0n) is 9.66. The average Bonchev–Trinajstić information content (AvgIpc) is 2.68. The number of aromatic nitrogens is 4. The first kappa shape index (κ1) is 11.3. The van der Waals surface area contributed by atoms with Crippen LogP contribution in [0.25, 0.3) is 5.65 Å². The zero-order valence-corrected chi connectivity index (χ0v) is 9.66. The number of rotatable bonds is 4. The highest BCUT2D eigenvalue weighted by Crippen LogP contribution is 2.16. The van der Waals surface area contributed by atoms with Gasteiger partial charge in [0.15, 0.2) is 5.82 Å². The van der Waals surface area contributed by atoms with Crippen molar-refractivity contribution in [1.82, 2.24) is 19.6 Å². The maximum atomic E-state index is 10.8. The minimum atomic E-state index is -0.896. The minimum absolute atomic E-state index is 0.102. The average molecular weight is 235 g/mol. The first-order valence-corrected chi connectivity index (χ1v) is 5.26. The molecule has 17 heavy (non-hydrogen) atoms. The number of aryl methyl sites for hydroxylation is 1. The lowest BCUT2D eigenvalue weighted by atomic mass is 10.4. The third-order valence-corrected chi connectivity index (χ3v) is 2.49. The first-order valence-electron chi connectivity index (χ1n) is 5.26. The largest absolute Gasteiger partial charge is 0.480 e. The van der Waals surface area contributed by atoms with E-state index in [2.05, 4.69) is 15.2 Å². The second kappa shape index (κ2) is 4.36. The van der Waals surface area contributed by atoms with E-state index in [4.69, 9.17) is 5.11 Å². The van der Waals surface area contributed by atoms with Gasteiger partial charge in [0.25, 0.3) is 0 Å². The molecule has 90 valence electrons. The van der Waals surface area contributed by atoms with E-state index in [1.165, 1.54) is 0 Å². The van der Waals surface area contributed by atoms with E-state index in [0.717, 1.165) is 5.82 Å². The van der Waals surface area contributed by atoms with E-state index in [-0.39, 0.29) is 6.54 Å². The van der Waals surface area contributed by atoms with Crippen molar-refractivity contribution in [3.05, 3.63) is 18.2 Å². The van der Waals surface area contributed by atoms with Crippen molar-refractivity contribution >= 4 is 17.4 Å². The molecule has 0 aliphatic heterocycles.